The highest BCUT2D eigenvalue weighted by atomic mass is 31.2. The predicted octanol–water partition coefficient (Wildman–Crippen LogP) is 15.5. The van der Waals surface area contributed by atoms with Crippen LogP contribution in [0.4, 0.5) is 0 Å². The first kappa shape index (κ1) is 56.5. The third-order valence-electron chi connectivity index (χ3n) is 10.9. The van der Waals surface area contributed by atoms with Crippen molar-refractivity contribution in [3.05, 3.63) is 24.3 Å². The first-order chi connectivity index (χ1) is 28.3. The molecule has 58 heavy (non-hydrogen) atoms. The summed E-state index contributed by atoms with van der Waals surface area (Å²) in [5.74, 6) is -0.879. The zero-order chi connectivity index (χ0) is 42.5. The highest BCUT2D eigenvalue weighted by molar-refractivity contribution is 7.46. The van der Waals surface area contributed by atoms with E-state index in [0.717, 1.165) is 51.4 Å². The van der Waals surface area contributed by atoms with Gasteiger partial charge in [-0.25, -0.2) is 4.57 Å². The Hall–Kier alpha value is -1.47. The van der Waals surface area contributed by atoms with E-state index < -0.39 is 32.5 Å². The number of allylic oxidation sites excluding steroid dienone is 4. The minimum absolute atomic E-state index is 0.213. The van der Waals surface area contributed by atoms with Gasteiger partial charge in [-0.3, -0.25) is 14.1 Å². The highest BCUT2D eigenvalue weighted by Crippen LogP contribution is 2.36. The van der Waals surface area contributed by atoms with Crippen LogP contribution in [0.25, 0.3) is 0 Å². The standard InChI is InChI=1S/C49H93O8P/c1-3-5-7-9-11-13-15-17-19-21-22-23-24-25-26-28-30-32-34-36-38-40-42-44-49(51)57-47(46-56-58(52,53)54)45-55-48(50)43-41-39-37-35-33-31-29-27-20-18-16-14-12-10-8-6-4-2/h18,20-22,47H,3-17,19,23-46H2,1-2H3,(H2,52,53,54)/b20-18-,22-21-. The maximum Gasteiger partial charge on any atom is 0.469 e. The van der Waals surface area contributed by atoms with Gasteiger partial charge in [0.2, 0.25) is 0 Å². The van der Waals surface area contributed by atoms with Crippen LogP contribution < -0.4 is 0 Å². The molecule has 1 atom stereocenters. The number of hydrogen-bond acceptors (Lipinski definition) is 6. The fraction of sp³-hybridized carbons (Fsp3) is 0.878. The minimum atomic E-state index is -4.76. The molecule has 0 radical (unpaired) electrons. The molecule has 0 aromatic rings. The third-order valence-corrected chi connectivity index (χ3v) is 11.4. The summed E-state index contributed by atoms with van der Waals surface area (Å²) in [7, 11) is -4.76. The molecule has 0 spiro atoms. The van der Waals surface area contributed by atoms with Crippen LogP contribution in [-0.2, 0) is 28.2 Å². The molecule has 0 aliphatic rings. The fourth-order valence-corrected chi connectivity index (χ4v) is 7.61. The summed E-state index contributed by atoms with van der Waals surface area (Å²) >= 11 is 0. The molecular weight excluding hydrogens is 748 g/mol. The quantitative estimate of drug-likeness (QED) is 0.0269. The lowest BCUT2D eigenvalue weighted by atomic mass is 10.0. The topological polar surface area (TPSA) is 119 Å². The molecule has 9 heteroatoms. The van der Waals surface area contributed by atoms with Gasteiger partial charge in [-0.1, -0.05) is 205 Å². The monoisotopic (exact) mass is 841 g/mol. The number of phosphoric ester groups is 1. The average Bonchev–Trinajstić information content (AvgIpc) is 3.20. The van der Waals surface area contributed by atoms with Crippen LogP contribution in [0, 0.1) is 0 Å². The normalized spacial score (nSPS) is 12.6. The Bertz CT molecular complexity index is 993. The Balaban J connectivity index is 3.81. The van der Waals surface area contributed by atoms with Crippen LogP contribution in [0.5, 0.6) is 0 Å². The molecule has 1 unspecified atom stereocenters. The molecule has 0 rings (SSSR count). The molecule has 0 aliphatic heterocycles. The van der Waals surface area contributed by atoms with Crippen molar-refractivity contribution < 1.29 is 37.9 Å². The minimum Gasteiger partial charge on any atom is -0.462 e. The van der Waals surface area contributed by atoms with Gasteiger partial charge >= 0.3 is 19.8 Å². The molecular formula is C49H93O8P. The van der Waals surface area contributed by atoms with Gasteiger partial charge in [0.05, 0.1) is 6.61 Å². The molecule has 0 fully saturated rings. The summed E-state index contributed by atoms with van der Waals surface area (Å²) < 4.78 is 26.5. The predicted molar refractivity (Wildman–Crippen MR) is 244 cm³/mol. The molecule has 2 N–H and O–H groups in total. The molecule has 0 bridgehead atoms. The van der Waals surface area contributed by atoms with Gasteiger partial charge in [0.15, 0.2) is 6.10 Å². The van der Waals surface area contributed by atoms with Crippen molar-refractivity contribution in [3.8, 4) is 0 Å². The number of carbonyl (C=O) groups is 2. The largest absolute Gasteiger partial charge is 0.469 e. The fourth-order valence-electron chi connectivity index (χ4n) is 7.25. The van der Waals surface area contributed by atoms with E-state index in [-0.39, 0.29) is 19.4 Å². The molecule has 0 saturated heterocycles. The lowest BCUT2D eigenvalue weighted by Crippen LogP contribution is -2.29. The van der Waals surface area contributed by atoms with Crippen LogP contribution in [0.3, 0.4) is 0 Å². The lowest BCUT2D eigenvalue weighted by Gasteiger charge is -2.18. The summed E-state index contributed by atoms with van der Waals surface area (Å²) in [4.78, 5) is 43.0. The summed E-state index contributed by atoms with van der Waals surface area (Å²) in [5, 5.41) is 0. The second kappa shape index (κ2) is 45.1. The van der Waals surface area contributed by atoms with Gasteiger partial charge in [-0.05, 0) is 64.2 Å². The Kier molecular flexibility index (Phi) is 43.9. The summed E-state index contributed by atoms with van der Waals surface area (Å²) in [5.41, 5.74) is 0. The van der Waals surface area contributed by atoms with Gasteiger partial charge in [0.1, 0.15) is 6.61 Å². The van der Waals surface area contributed by atoms with Crippen molar-refractivity contribution in [1.29, 1.82) is 0 Å². The van der Waals surface area contributed by atoms with Crippen LogP contribution >= 0.6 is 7.82 Å². The Morgan fingerprint density at radius 2 is 0.724 bits per heavy atom. The van der Waals surface area contributed by atoms with E-state index in [2.05, 4.69) is 42.7 Å². The number of hydrogen-bond donors (Lipinski definition) is 2. The smallest absolute Gasteiger partial charge is 0.462 e. The summed E-state index contributed by atoms with van der Waals surface area (Å²) in [6.07, 6.45) is 53.4. The SMILES string of the molecule is CCCCCCCC/C=C\CCCCCCCCCC(=O)OCC(COP(=O)(O)O)OC(=O)CCCCCCCCCCCCC/C=C\CCCCCCCCCC. The van der Waals surface area contributed by atoms with E-state index in [0.29, 0.717) is 6.42 Å². The van der Waals surface area contributed by atoms with Gasteiger partial charge in [-0.15, -0.1) is 0 Å². The van der Waals surface area contributed by atoms with Crippen LogP contribution in [-0.4, -0.2) is 41.0 Å². The molecule has 0 aromatic heterocycles. The third kappa shape index (κ3) is 47.2. The van der Waals surface area contributed by atoms with E-state index in [1.165, 1.54) is 173 Å². The Morgan fingerprint density at radius 3 is 1.05 bits per heavy atom. The highest BCUT2D eigenvalue weighted by Gasteiger charge is 2.23. The lowest BCUT2D eigenvalue weighted by molar-refractivity contribution is -0.161. The van der Waals surface area contributed by atoms with Gasteiger partial charge in [0.25, 0.3) is 0 Å². The molecule has 8 nitrogen and oxygen atoms in total. The van der Waals surface area contributed by atoms with Crippen molar-refractivity contribution in [2.45, 2.75) is 264 Å². The molecule has 342 valence electrons. The molecule has 0 amide bonds. The number of esters is 2. The first-order valence-corrected chi connectivity index (χ1v) is 26.2. The van der Waals surface area contributed by atoms with Crippen molar-refractivity contribution >= 4 is 19.8 Å². The van der Waals surface area contributed by atoms with Gasteiger partial charge in [0, 0.05) is 12.8 Å². The van der Waals surface area contributed by atoms with E-state index in [1.807, 2.05) is 0 Å². The van der Waals surface area contributed by atoms with E-state index >= 15 is 0 Å². The van der Waals surface area contributed by atoms with Crippen molar-refractivity contribution in [2.75, 3.05) is 13.2 Å². The van der Waals surface area contributed by atoms with E-state index in [1.54, 1.807) is 0 Å². The van der Waals surface area contributed by atoms with Gasteiger partial charge < -0.3 is 19.3 Å². The van der Waals surface area contributed by atoms with Crippen molar-refractivity contribution in [1.82, 2.24) is 0 Å². The van der Waals surface area contributed by atoms with Crippen LogP contribution in [0.2, 0.25) is 0 Å². The maximum absolute atomic E-state index is 12.5. The number of rotatable bonds is 46. The molecule has 0 aliphatic carbocycles. The maximum atomic E-state index is 12.5. The number of unbranched alkanes of at least 4 members (excludes halogenated alkanes) is 32. The number of phosphoric acid groups is 1. The summed E-state index contributed by atoms with van der Waals surface area (Å²) in [6, 6.07) is 0. The van der Waals surface area contributed by atoms with Crippen molar-refractivity contribution in [3.63, 3.8) is 0 Å². The second-order valence-electron chi connectivity index (χ2n) is 16.8. The van der Waals surface area contributed by atoms with Crippen LogP contribution in [0.1, 0.15) is 258 Å². The molecule has 0 heterocycles. The van der Waals surface area contributed by atoms with E-state index in [4.69, 9.17) is 19.3 Å². The second-order valence-corrected chi connectivity index (χ2v) is 18.0. The molecule has 0 aromatic carbocycles. The van der Waals surface area contributed by atoms with Crippen LogP contribution in [0.15, 0.2) is 24.3 Å². The Morgan fingerprint density at radius 1 is 0.431 bits per heavy atom. The number of carbonyl (C=O) groups excluding carboxylic acids is 2. The average molecular weight is 841 g/mol. The first-order valence-electron chi connectivity index (χ1n) is 24.6. The van der Waals surface area contributed by atoms with Crippen molar-refractivity contribution in [2.24, 2.45) is 0 Å². The van der Waals surface area contributed by atoms with Gasteiger partial charge in [-0.2, -0.15) is 0 Å². The zero-order valence-electron chi connectivity index (χ0n) is 38.0. The zero-order valence-corrected chi connectivity index (χ0v) is 38.9. The number of ether oxygens (including phenoxy) is 2. The van der Waals surface area contributed by atoms with E-state index in [9.17, 15) is 14.2 Å². The molecule has 0 saturated carbocycles. The Labute approximate surface area is 358 Å². The summed E-state index contributed by atoms with van der Waals surface area (Å²) in [6.45, 7) is 3.71.